The summed E-state index contributed by atoms with van der Waals surface area (Å²) in [5, 5.41) is 33.6. The number of carbonyl (C=O) groups is 4. The third-order valence-electron chi connectivity index (χ3n) is 7.83. The van der Waals surface area contributed by atoms with Gasteiger partial charge in [0.1, 0.15) is 12.1 Å². The van der Waals surface area contributed by atoms with Crippen LogP contribution < -0.4 is 10.6 Å². The zero-order valence-corrected chi connectivity index (χ0v) is 18.7. The lowest BCUT2D eigenvalue weighted by Crippen LogP contribution is -2.56. The lowest BCUT2D eigenvalue weighted by molar-refractivity contribution is -0.136. The van der Waals surface area contributed by atoms with E-state index in [0.717, 1.165) is 12.0 Å². The summed E-state index contributed by atoms with van der Waals surface area (Å²) in [5.41, 5.74) is 0.889. The molecule has 2 aliphatic carbocycles. The number of carbonyl (C=O) groups excluding carboxylic acids is 4. The van der Waals surface area contributed by atoms with E-state index in [1.807, 2.05) is 0 Å². The number of hydrogen-bond donors (Lipinski definition) is 4. The first-order valence-corrected chi connectivity index (χ1v) is 11.6. The number of aliphatic hydroxyl groups excluding tert-OH is 2. The minimum Gasteiger partial charge on any atom is -0.390 e. The molecule has 2 aliphatic heterocycles. The lowest BCUT2D eigenvalue weighted by atomic mass is 9.89. The lowest BCUT2D eigenvalue weighted by Gasteiger charge is -2.34. The molecule has 4 aliphatic rings. The highest BCUT2D eigenvalue weighted by Crippen LogP contribution is 2.48. The highest BCUT2D eigenvalue weighted by Gasteiger charge is 2.58. The Morgan fingerprint density at radius 2 is 2.03 bits per heavy atom. The number of piperidine rings is 1. The molecule has 12 heteroatoms. The van der Waals surface area contributed by atoms with Crippen LogP contribution in [-0.4, -0.2) is 77.5 Å². The third kappa shape index (κ3) is 3.35. The minimum atomic E-state index is -1.02. The van der Waals surface area contributed by atoms with Crippen molar-refractivity contribution in [2.45, 2.75) is 62.4 Å². The van der Waals surface area contributed by atoms with Crippen molar-refractivity contribution in [3.8, 4) is 5.69 Å². The number of aromatic nitrogens is 3. The zero-order valence-electron chi connectivity index (χ0n) is 18.7. The molecule has 182 valence electrons. The van der Waals surface area contributed by atoms with Gasteiger partial charge in [-0.05, 0) is 49.3 Å². The van der Waals surface area contributed by atoms with E-state index in [9.17, 15) is 29.4 Å². The van der Waals surface area contributed by atoms with Gasteiger partial charge < -0.3 is 20.4 Å². The predicted molar refractivity (Wildman–Crippen MR) is 117 cm³/mol. The van der Waals surface area contributed by atoms with E-state index in [2.05, 4.69) is 20.9 Å². The molecule has 1 aromatic heterocycles. The molecule has 4 amide bonds. The van der Waals surface area contributed by atoms with Crippen LogP contribution in [0.5, 0.6) is 0 Å². The molecule has 1 saturated heterocycles. The molecule has 2 aromatic rings. The average molecular weight is 480 g/mol. The van der Waals surface area contributed by atoms with E-state index >= 15 is 0 Å². The van der Waals surface area contributed by atoms with E-state index < -0.39 is 35.6 Å². The van der Waals surface area contributed by atoms with Crippen molar-refractivity contribution in [2.24, 2.45) is 5.92 Å². The number of amides is 4. The molecular formula is C23H24N6O6. The molecular weight excluding hydrogens is 456 g/mol. The van der Waals surface area contributed by atoms with Crippen LogP contribution in [0.4, 0.5) is 0 Å². The maximum atomic E-state index is 13.1. The van der Waals surface area contributed by atoms with Crippen LogP contribution in [0.15, 0.2) is 24.4 Å². The van der Waals surface area contributed by atoms with Crippen molar-refractivity contribution in [1.29, 1.82) is 0 Å². The summed E-state index contributed by atoms with van der Waals surface area (Å²) < 4.78 is 1.38. The normalized spacial score (nSPS) is 31.6. The van der Waals surface area contributed by atoms with E-state index in [1.54, 1.807) is 18.2 Å². The summed E-state index contributed by atoms with van der Waals surface area (Å²) >= 11 is 0. The summed E-state index contributed by atoms with van der Waals surface area (Å²) in [6.45, 7) is 0.267. The zero-order chi connectivity index (χ0) is 24.5. The number of nitrogens with one attached hydrogen (secondary N) is 2. The monoisotopic (exact) mass is 480 g/mol. The van der Waals surface area contributed by atoms with E-state index in [-0.39, 0.29) is 42.8 Å². The molecule has 35 heavy (non-hydrogen) atoms. The molecule has 1 aromatic carbocycles. The summed E-state index contributed by atoms with van der Waals surface area (Å²) in [4.78, 5) is 51.0. The van der Waals surface area contributed by atoms with Gasteiger partial charge in [-0.1, -0.05) is 11.3 Å². The van der Waals surface area contributed by atoms with Gasteiger partial charge in [0.2, 0.25) is 11.8 Å². The second-order valence-corrected chi connectivity index (χ2v) is 9.84. The molecule has 3 unspecified atom stereocenters. The molecule has 0 radical (unpaired) electrons. The number of imide groups is 1. The quantitative estimate of drug-likeness (QED) is 0.406. The Kier molecular flexibility index (Phi) is 4.80. The highest BCUT2D eigenvalue weighted by atomic mass is 16.3. The van der Waals surface area contributed by atoms with Gasteiger partial charge in [0.05, 0.1) is 23.5 Å². The Bertz CT molecular complexity index is 1270. The second-order valence-electron chi connectivity index (χ2n) is 9.84. The standard InChI is InChI=1S/C23H24N6O6/c30-17-4-3-16(21(34)24-17)28-9-12-1-2-13(7-14(12)22(28)35)29-10-15(26-27-29)20(33)25-23-6-5-11(8-23)18(31)19(23)32/h1-2,7,10-11,16,18-19,31-32H,3-6,8-9H2,(H,25,33)(H,24,30,34)/t11?,16?,18-,19-,23?/m0/s1. The molecule has 5 atom stereocenters. The molecule has 4 N–H and O–H groups in total. The van der Waals surface area contributed by atoms with Gasteiger partial charge in [-0.25, -0.2) is 4.68 Å². The van der Waals surface area contributed by atoms with E-state index in [0.29, 0.717) is 24.1 Å². The van der Waals surface area contributed by atoms with E-state index in [4.69, 9.17) is 0 Å². The minimum absolute atomic E-state index is 0.0235. The summed E-state index contributed by atoms with van der Waals surface area (Å²) in [6, 6.07) is 4.45. The molecule has 12 nitrogen and oxygen atoms in total. The molecule has 0 spiro atoms. The van der Waals surface area contributed by atoms with Gasteiger partial charge in [0, 0.05) is 18.5 Å². The fourth-order valence-corrected chi connectivity index (χ4v) is 5.92. The number of fused-ring (bicyclic) bond motifs is 3. The van der Waals surface area contributed by atoms with Crippen LogP contribution in [0.2, 0.25) is 0 Å². The fourth-order valence-electron chi connectivity index (χ4n) is 5.92. The molecule has 3 heterocycles. The maximum Gasteiger partial charge on any atom is 0.274 e. The number of aliphatic hydroxyl groups is 2. The van der Waals surface area contributed by atoms with Crippen molar-refractivity contribution in [2.75, 3.05) is 0 Å². The van der Waals surface area contributed by atoms with Crippen molar-refractivity contribution in [1.82, 2.24) is 30.5 Å². The summed E-state index contributed by atoms with van der Waals surface area (Å²) in [6.07, 6.45) is 1.90. The van der Waals surface area contributed by atoms with Crippen LogP contribution in [0, 0.1) is 5.92 Å². The van der Waals surface area contributed by atoms with Crippen molar-refractivity contribution < 1.29 is 29.4 Å². The Balaban J connectivity index is 1.19. The first kappa shape index (κ1) is 21.9. The third-order valence-corrected chi connectivity index (χ3v) is 7.83. The van der Waals surface area contributed by atoms with Gasteiger partial charge in [0.15, 0.2) is 5.69 Å². The molecule has 2 saturated carbocycles. The van der Waals surface area contributed by atoms with Gasteiger partial charge in [0.25, 0.3) is 11.8 Å². The Labute approximate surface area is 199 Å². The Morgan fingerprint density at radius 1 is 1.20 bits per heavy atom. The first-order chi connectivity index (χ1) is 16.8. The van der Waals surface area contributed by atoms with Gasteiger partial charge in [-0.15, -0.1) is 5.10 Å². The Hall–Kier alpha value is -3.64. The highest BCUT2D eigenvalue weighted by molar-refractivity contribution is 6.05. The largest absolute Gasteiger partial charge is 0.390 e. The van der Waals surface area contributed by atoms with E-state index in [1.165, 1.54) is 15.8 Å². The topological polar surface area (TPSA) is 167 Å². The maximum absolute atomic E-state index is 13.1. The average Bonchev–Trinajstić information content (AvgIpc) is 3.59. The summed E-state index contributed by atoms with van der Waals surface area (Å²) in [5.74, 6) is -1.63. The van der Waals surface area contributed by atoms with Crippen molar-refractivity contribution in [3.05, 3.63) is 41.2 Å². The van der Waals surface area contributed by atoms with Gasteiger partial charge in [-0.2, -0.15) is 0 Å². The van der Waals surface area contributed by atoms with Gasteiger partial charge in [-0.3, -0.25) is 24.5 Å². The molecule has 2 bridgehead atoms. The van der Waals surface area contributed by atoms with Crippen LogP contribution in [0.3, 0.4) is 0 Å². The Morgan fingerprint density at radius 3 is 2.77 bits per heavy atom. The number of rotatable bonds is 4. The van der Waals surface area contributed by atoms with Crippen LogP contribution in [0.25, 0.3) is 5.69 Å². The van der Waals surface area contributed by atoms with Crippen LogP contribution in [-0.2, 0) is 16.1 Å². The number of benzene rings is 1. The van der Waals surface area contributed by atoms with Crippen LogP contribution in [0.1, 0.15) is 58.5 Å². The van der Waals surface area contributed by atoms with Crippen molar-refractivity contribution >= 4 is 23.6 Å². The summed E-state index contributed by atoms with van der Waals surface area (Å²) in [7, 11) is 0. The van der Waals surface area contributed by atoms with Crippen molar-refractivity contribution in [3.63, 3.8) is 0 Å². The first-order valence-electron chi connectivity index (χ1n) is 11.6. The second kappa shape index (κ2) is 7.68. The SMILES string of the molecule is O=C1CCC(N2Cc3ccc(-n4cc(C(=O)NC56CCC(C5)[C@H](O)[C@@H]6O)nn4)cc3C2=O)C(=O)N1. The fraction of sp³-hybridized carbons (Fsp3) is 0.478. The smallest absolute Gasteiger partial charge is 0.274 e. The predicted octanol–water partition coefficient (Wildman–Crippen LogP) is -0.968. The molecule has 3 fully saturated rings. The number of nitrogens with zero attached hydrogens (tertiary/aromatic N) is 4. The number of hydrogen-bond acceptors (Lipinski definition) is 8. The van der Waals surface area contributed by atoms with Crippen LogP contribution >= 0.6 is 0 Å². The molecule has 6 rings (SSSR count). The van der Waals surface area contributed by atoms with Gasteiger partial charge >= 0.3 is 0 Å².